The molecule has 1 saturated carbocycles. The largest absolute Gasteiger partial charge is 0.382 e. The molecule has 0 radical (unpaired) electrons. The lowest BCUT2D eigenvalue weighted by atomic mass is 10.1. The summed E-state index contributed by atoms with van der Waals surface area (Å²) < 4.78 is 25.9. The fourth-order valence-corrected chi connectivity index (χ4v) is 6.36. The van der Waals surface area contributed by atoms with E-state index < -0.39 is 15.9 Å². The maximum Gasteiger partial charge on any atom is 0.268 e. The van der Waals surface area contributed by atoms with E-state index in [0.717, 1.165) is 30.6 Å². The van der Waals surface area contributed by atoms with Gasteiger partial charge >= 0.3 is 0 Å². The summed E-state index contributed by atoms with van der Waals surface area (Å²) in [6.07, 6.45) is 2.99. The first-order valence-electron chi connectivity index (χ1n) is 9.07. The van der Waals surface area contributed by atoms with Crippen LogP contribution in [0.25, 0.3) is 0 Å². The number of rotatable bonds is 5. The van der Waals surface area contributed by atoms with Crippen LogP contribution in [0.4, 0.5) is 5.69 Å². The second-order valence-electron chi connectivity index (χ2n) is 6.91. The highest BCUT2D eigenvalue weighted by molar-refractivity contribution is 7.92. The molecule has 1 atom stereocenters. The number of hydrogen-bond acceptors (Lipinski definition) is 6. The van der Waals surface area contributed by atoms with E-state index in [-0.39, 0.29) is 11.2 Å². The van der Waals surface area contributed by atoms with Crippen LogP contribution in [0.15, 0.2) is 46.4 Å². The first kappa shape index (κ1) is 19.4. The monoisotopic (exact) mass is 438 g/mol. The molecular weight excluding hydrogens is 420 g/mol. The van der Waals surface area contributed by atoms with Gasteiger partial charge in [0.25, 0.3) is 5.91 Å². The van der Waals surface area contributed by atoms with Crippen molar-refractivity contribution in [1.82, 2.24) is 0 Å². The molecule has 0 unspecified atom stereocenters. The first-order chi connectivity index (χ1) is 13.4. The van der Waals surface area contributed by atoms with Crippen LogP contribution in [0.1, 0.15) is 37.0 Å². The van der Waals surface area contributed by atoms with Crippen LogP contribution in [0.5, 0.6) is 0 Å². The van der Waals surface area contributed by atoms with Gasteiger partial charge in [0.05, 0.1) is 19.4 Å². The van der Waals surface area contributed by atoms with Crippen molar-refractivity contribution < 1.29 is 18.0 Å². The van der Waals surface area contributed by atoms with Crippen LogP contribution in [0.2, 0.25) is 4.34 Å². The minimum atomic E-state index is -3.30. The number of carbonyl (C=O) groups is 1. The molecule has 1 aliphatic carbocycles. The summed E-state index contributed by atoms with van der Waals surface area (Å²) in [7, 11) is -3.30. The molecule has 4 rings (SSSR count). The molecule has 1 aromatic heterocycles. The van der Waals surface area contributed by atoms with Gasteiger partial charge in [-0.1, -0.05) is 29.6 Å². The molecule has 1 amide bonds. The zero-order chi connectivity index (χ0) is 19.7. The number of oxime groups is 1. The van der Waals surface area contributed by atoms with Crippen molar-refractivity contribution in [1.29, 1.82) is 0 Å². The van der Waals surface area contributed by atoms with Crippen LogP contribution >= 0.6 is 22.9 Å². The Morgan fingerprint density at radius 2 is 1.86 bits per heavy atom. The van der Waals surface area contributed by atoms with Gasteiger partial charge in [0.15, 0.2) is 9.84 Å². The van der Waals surface area contributed by atoms with E-state index in [1.165, 1.54) is 11.3 Å². The highest BCUT2D eigenvalue weighted by atomic mass is 35.5. The molecule has 148 valence electrons. The number of halogens is 1. The number of carbonyl (C=O) groups excluding carboxylic acids is 1. The lowest BCUT2D eigenvalue weighted by molar-refractivity contribution is -0.125. The second kappa shape index (κ2) is 7.85. The summed E-state index contributed by atoms with van der Waals surface area (Å²) in [6, 6.07) is 9.94. The van der Waals surface area contributed by atoms with Crippen molar-refractivity contribution >= 4 is 50.1 Å². The summed E-state index contributed by atoms with van der Waals surface area (Å²) in [4.78, 5) is 18.9. The van der Waals surface area contributed by atoms with Gasteiger partial charge in [0, 0.05) is 12.1 Å². The van der Waals surface area contributed by atoms with E-state index in [4.69, 9.17) is 16.4 Å². The lowest BCUT2D eigenvalue weighted by Crippen LogP contribution is -2.28. The molecule has 2 aliphatic rings. The first-order valence-corrected chi connectivity index (χ1v) is 11.8. The minimum Gasteiger partial charge on any atom is -0.382 e. The van der Waals surface area contributed by atoms with E-state index in [0.29, 0.717) is 27.1 Å². The molecule has 0 bridgehead atoms. The van der Waals surface area contributed by atoms with Crippen molar-refractivity contribution in [2.45, 2.75) is 48.4 Å². The average molecular weight is 439 g/mol. The van der Waals surface area contributed by atoms with Gasteiger partial charge in [0.1, 0.15) is 5.71 Å². The van der Waals surface area contributed by atoms with E-state index in [1.807, 2.05) is 6.07 Å². The zero-order valence-corrected chi connectivity index (χ0v) is 17.3. The fourth-order valence-electron chi connectivity index (χ4n) is 3.47. The van der Waals surface area contributed by atoms with Crippen LogP contribution in [0, 0.1) is 0 Å². The third-order valence-electron chi connectivity index (χ3n) is 5.01. The van der Waals surface area contributed by atoms with Crippen molar-refractivity contribution in [3.8, 4) is 0 Å². The number of thiophene rings is 1. The Hall–Kier alpha value is -1.90. The normalized spacial score (nSPS) is 20.0. The third kappa shape index (κ3) is 3.94. The van der Waals surface area contributed by atoms with Crippen LogP contribution in [0.3, 0.4) is 0 Å². The smallest absolute Gasteiger partial charge is 0.268 e. The van der Waals surface area contributed by atoms with Gasteiger partial charge in [-0.2, -0.15) is 0 Å². The van der Waals surface area contributed by atoms with Gasteiger partial charge in [-0.3, -0.25) is 4.79 Å². The number of nitrogens with one attached hydrogen (secondary N) is 1. The molecule has 1 fully saturated rings. The number of anilines is 1. The molecule has 1 aromatic carbocycles. The van der Waals surface area contributed by atoms with Crippen LogP contribution in [-0.2, 0) is 19.5 Å². The van der Waals surface area contributed by atoms with Crippen molar-refractivity contribution in [3.63, 3.8) is 0 Å². The van der Waals surface area contributed by atoms with E-state index in [2.05, 4.69) is 10.5 Å². The highest BCUT2D eigenvalue weighted by Gasteiger charge is 2.31. The standard InChI is InChI=1S/C19H19ClN2O4S2/c20-18-10-9-17(27-18)15-11-16(26-22-15)19(23)21-12-5-7-14(8-6-12)28(24,25)13-3-1-2-4-13/h5-10,13,16H,1-4,11H2,(H,21,23)/t16-/m0/s1. The molecule has 0 saturated heterocycles. The number of benzene rings is 1. The fraction of sp³-hybridized carbons (Fsp3) is 0.368. The average Bonchev–Trinajstić information content (AvgIpc) is 3.43. The molecule has 2 heterocycles. The molecule has 2 aromatic rings. The maximum atomic E-state index is 12.6. The van der Waals surface area contributed by atoms with Gasteiger partial charge in [0.2, 0.25) is 6.10 Å². The van der Waals surface area contributed by atoms with Crippen molar-refractivity contribution in [2.75, 3.05) is 5.32 Å². The molecule has 0 spiro atoms. The van der Waals surface area contributed by atoms with Gasteiger partial charge in [-0.05, 0) is 49.2 Å². The van der Waals surface area contributed by atoms with Gasteiger partial charge < -0.3 is 10.2 Å². The lowest BCUT2D eigenvalue weighted by Gasteiger charge is -2.13. The summed E-state index contributed by atoms with van der Waals surface area (Å²) in [5.41, 5.74) is 1.21. The van der Waals surface area contributed by atoms with E-state index in [9.17, 15) is 13.2 Å². The molecular formula is C19H19ClN2O4S2. The van der Waals surface area contributed by atoms with Gasteiger partial charge in [-0.25, -0.2) is 8.42 Å². The zero-order valence-electron chi connectivity index (χ0n) is 14.9. The molecule has 1 aliphatic heterocycles. The van der Waals surface area contributed by atoms with Crippen molar-refractivity contribution in [3.05, 3.63) is 45.6 Å². The summed E-state index contributed by atoms with van der Waals surface area (Å²) >= 11 is 7.31. The Morgan fingerprint density at radius 3 is 2.50 bits per heavy atom. The van der Waals surface area contributed by atoms with Crippen LogP contribution in [-0.4, -0.2) is 31.4 Å². The summed E-state index contributed by atoms with van der Waals surface area (Å²) in [6.45, 7) is 0. The minimum absolute atomic E-state index is 0.291. The van der Waals surface area contributed by atoms with Crippen molar-refractivity contribution in [2.24, 2.45) is 5.16 Å². The molecule has 9 heteroatoms. The van der Waals surface area contributed by atoms with E-state index in [1.54, 1.807) is 30.3 Å². The Bertz CT molecular complexity index is 1010. The Balaban J connectivity index is 1.38. The topological polar surface area (TPSA) is 84.8 Å². The van der Waals surface area contributed by atoms with E-state index >= 15 is 0 Å². The Kier molecular flexibility index (Phi) is 5.44. The number of amides is 1. The predicted molar refractivity (Wildman–Crippen MR) is 110 cm³/mol. The number of sulfone groups is 1. The molecule has 1 N–H and O–H groups in total. The number of hydrogen-bond donors (Lipinski definition) is 1. The SMILES string of the molecule is O=C(Nc1ccc(S(=O)(=O)C2CCCC2)cc1)[C@@H]1CC(c2ccc(Cl)s2)=NO1. The Labute approximate surface area is 172 Å². The second-order valence-corrected chi connectivity index (χ2v) is 10.8. The van der Waals surface area contributed by atoms with Gasteiger partial charge in [-0.15, -0.1) is 11.3 Å². The summed E-state index contributed by atoms with van der Waals surface area (Å²) in [5.74, 6) is -0.326. The quantitative estimate of drug-likeness (QED) is 0.756. The molecule has 6 nitrogen and oxygen atoms in total. The Morgan fingerprint density at radius 1 is 1.14 bits per heavy atom. The predicted octanol–water partition coefficient (Wildman–Crippen LogP) is 4.25. The highest BCUT2D eigenvalue weighted by Crippen LogP contribution is 2.30. The van der Waals surface area contributed by atoms with Crippen LogP contribution < -0.4 is 5.32 Å². The maximum absolute atomic E-state index is 12.6. The number of nitrogens with zero attached hydrogens (tertiary/aromatic N) is 1. The molecule has 28 heavy (non-hydrogen) atoms. The summed E-state index contributed by atoms with van der Waals surface area (Å²) in [5, 5.41) is 6.45. The third-order valence-corrected chi connectivity index (χ3v) is 8.57.